The molecule has 6 heteroatoms. The van der Waals surface area contributed by atoms with Gasteiger partial charge in [-0.1, -0.05) is 19.9 Å². The molecule has 0 spiro atoms. The van der Waals surface area contributed by atoms with Crippen LogP contribution in [0.3, 0.4) is 0 Å². The minimum absolute atomic E-state index is 0.107. The molecule has 2 aromatic rings. The number of benzene rings is 1. The van der Waals surface area contributed by atoms with Crippen molar-refractivity contribution in [3.05, 3.63) is 42.2 Å². The molecule has 23 heavy (non-hydrogen) atoms. The van der Waals surface area contributed by atoms with Crippen LogP contribution in [0, 0.1) is 5.92 Å². The molecule has 0 aliphatic heterocycles. The Morgan fingerprint density at radius 2 is 2.17 bits per heavy atom. The van der Waals surface area contributed by atoms with Crippen molar-refractivity contribution in [3.8, 4) is 11.4 Å². The van der Waals surface area contributed by atoms with E-state index in [4.69, 9.17) is 4.74 Å². The van der Waals surface area contributed by atoms with E-state index < -0.39 is 6.10 Å². The van der Waals surface area contributed by atoms with Gasteiger partial charge in [-0.3, -0.25) is 4.79 Å². The fourth-order valence-electron chi connectivity index (χ4n) is 2.20. The highest BCUT2D eigenvalue weighted by molar-refractivity contribution is 5.80. The number of nitrogens with zero attached hydrogens (tertiary/aromatic N) is 3. The molecule has 1 amide bonds. The van der Waals surface area contributed by atoms with Gasteiger partial charge in [0.15, 0.2) is 0 Å². The third-order valence-electron chi connectivity index (χ3n) is 3.63. The lowest BCUT2D eigenvalue weighted by atomic mass is 10.1. The van der Waals surface area contributed by atoms with Crippen molar-refractivity contribution in [3.63, 3.8) is 0 Å². The van der Waals surface area contributed by atoms with Crippen molar-refractivity contribution in [1.29, 1.82) is 0 Å². The fraction of sp³-hybridized carbons (Fsp3) is 0.412. The number of methoxy groups -OCH3 is 1. The second-order valence-electron chi connectivity index (χ2n) is 5.88. The van der Waals surface area contributed by atoms with Crippen molar-refractivity contribution >= 4 is 5.91 Å². The molecule has 0 radical (unpaired) electrons. The van der Waals surface area contributed by atoms with Gasteiger partial charge in [-0.25, -0.2) is 4.68 Å². The average molecular weight is 317 g/mol. The molecule has 1 heterocycles. The summed E-state index contributed by atoms with van der Waals surface area (Å²) >= 11 is 0. The summed E-state index contributed by atoms with van der Waals surface area (Å²) < 4.78 is 6.94. The highest BCUT2D eigenvalue weighted by Gasteiger charge is 2.22. The van der Waals surface area contributed by atoms with Gasteiger partial charge in [-0.15, -0.1) is 0 Å². The molecule has 0 aliphatic carbocycles. The number of aromatic nitrogens is 2. The first kappa shape index (κ1) is 17.0. The first-order valence-corrected chi connectivity index (χ1v) is 7.53. The van der Waals surface area contributed by atoms with Crippen molar-refractivity contribution in [2.24, 2.45) is 5.92 Å². The Labute approximate surface area is 136 Å². The number of likely N-dealkylation sites (N-methyl/N-ethyl adjacent to an activating group) is 1. The molecule has 1 aromatic carbocycles. The lowest BCUT2D eigenvalue weighted by Gasteiger charge is -2.22. The monoisotopic (exact) mass is 317 g/mol. The Morgan fingerprint density at radius 3 is 2.83 bits per heavy atom. The topological polar surface area (TPSA) is 67.6 Å². The van der Waals surface area contributed by atoms with Gasteiger partial charge in [-0.05, 0) is 18.1 Å². The quantitative estimate of drug-likeness (QED) is 0.883. The highest BCUT2D eigenvalue weighted by atomic mass is 16.5. The summed E-state index contributed by atoms with van der Waals surface area (Å²) in [7, 11) is 3.30. The lowest BCUT2D eigenvalue weighted by Crippen LogP contribution is -2.38. The molecule has 0 saturated carbocycles. The van der Waals surface area contributed by atoms with Crippen LogP contribution in [0.4, 0.5) is 0 Å². The molecule has 0 fully saturated rings. The molecular weight excluding hydrogens is 294 g/mol. The van der Waals surface area contributed by atoms with Crippen LogP contribution in [-0.4, -0.2) is 46.0 Å². The standard InChI is InChI=1S/C17H23N3O3/c1-12(2)16(21)17(22)19(3)10-13-9-18-20(11-13)14-6-5-7-15(8-14)23-4/h5-9,11-12,16,21H,10H2,1-4H3/t16-/m1/s1. The van der Waals surface area contributed by atoms with E-state index in [-0.39, 0.29) is 11.8 Å². The molecule has 1 atom stereocenters. The second kappa shape index (κ2) is 7.28. The maximum atomic E-state index is 12.1. The van der Waals surface area contributed by atoms with Crippen molar-refractivity contribution in [1.82, 2.24) is 14.7 Å². The van der Waals surface area contributed by atoms with Gasteiger partial charge in [0.2, 0.25) is 0 Å². The van der Waals surface area contributed by atoms with Gasteiger partial charge in [0.25, 0.3) is 5.91 Å². The molecule has 1 N–H and O–H groups in total. The third kappa shape index (κ3) is 4.10. The first-order chi connectivity index (χ1) is 10.9. The van der Waals surface area contributed by atoms with Crippen LogP contribution in [0.25, 0.3) is 5.69 Å². The summed E-state index contributed by atoms with van der Waals surface area (Å²) in [5, 5.41) is 14.2. The minimum atomic E-state index is -0.978. The number of hydrogen-bond donors (Lipinski definition) is 1. The lowest BCUT2D eigenvalue weighted by molar-refractivity contribution is -0.141. The Morgan fingerprint density at radius 1 is 1.43 bits per heavy atom. The molecule has 0 bridgehead atoms. The van der Waals surface area contributed by atoms with E-state index in [9.17, 15) is 9.90 Å². The number of hydrogen-bond acceptors (Lipinski definition) is 4. The van der Waals surface area contributed by atoms with Crippen LogP contribution < -0.4 is 4.74 Å². The zero-order valence-electron chi connectivity index (χ0n) is 13.9. The van der Waals surface area contributed by atoms with Gasteiger partial charge < -0.3 is 14.7 Å². The van der Waals surface area contributed by atoms with Gasteiger partial charge in [0.1, 0.15) is 11.9 Å². The largest absolute Gasteiger partial charge is 0.497 e. The van der Waals surface area contributed by atoms with E-state index >= 15 is 0 Å². The van der Waals surface area contributed by atoms with E-state index in [1.165, 1.54) is 4.90 Å². The van der Waals surface area contributed by atoms with Crippen LogP contribution in [0.5, 0.6) is 5.75 Å². The number of aliphatic hydroxyl groups is 1. The SMILES string of the molecule is COc1cccc(-n2cc(CN(C)C(=O)[C@H](O)C(C)C)cn2)c1. The number of rotatable bonds is 6. The Balaban J connectivity index is 2.08. The van der Waals surface area contributed by atoms with E-state index in [1.807, 2.05) is 44.3 Å². The Hall–Kier alpha value is -2.34. The molecule has 1 aromatic heterocycles. The average Bonchev–Trinajstić information content (AvgIpc) is 3.01. The molecule has 6 nitrogen and oxygen atoms in total. The van der Waals surface area contributed by atoms with E-state index in [2.05, 4.69) is 5.10 Å². The minimum Gasteiger partial charge on any atom is -0.497 e. The first-order valence-electron chi connectivity index (χ1n) is 7.53. The molecule has 2 rings (SSSR count). The smallest absolute Gasteiger partial charge is 0.251 e. The van der Waals surface area contributed by atoms with Gasteiger partial charge >= 0.3 is 0 Å². The number of aliphatic hydroxyl groups excluding tert-OH is 1. The Bertz CT molecular complexity index is 667. The number of carbonyl (C=O) groups excluding carboxylic acids is 1. The van der Waals surface area contributed by atoms with E-state index in [0.717, 1.165) is 17.0 Å². The van der Waals surface area contributed by atoms with Crippen LogP contribution in [-0.2, 0) is 11.3 Å². The van der Waals surface area contributed by atoms with Gasteiger partial charge in [0, 0.05) is 31.4 Å². The van der Waals surface area contributed by atoms with Crippen LogP contribution in [0.15, 0.2) is 36.7 Å². The summed E-state index contributed by atoms with van der Waals surface area (Å²) in [6.07, 6.45) is 2.60. The maximum absolute atomic E-state index is 12.1. The summed E-state index contributed by atoms with van der Waals surface area (Å²) in [5.41, 5.74) is 1.77. The fourth-order valence-corrected chi connectivity index (χ4v) is 2.20. The van der Waals surface area contributed by atoms with Crippen LogP contribution in [0.2, 0.25) is 0 Å². The van der Waals surface area contributed by atoms with E-state index in [0.29, 0.717) is 6.54 Å². The summed E-state index contributed by atoms with van der Waals surface area (Å²) in [6, 6.07) is 7.57. The summed E-state index contributed by atoms with van der Waals surface area (Å²) in [4.78, 5) is 13.6. The molecule has 124 valence electrons. The maximum Gasteiger partial charge on any atom is 0.251 e. The molecule has 0 aliphatic rings. The summed E-state index contributed by atoms with van der Waals surface area (Å²) in [5.74, 6) is 0.366. The summed E-state index contributed by atoms with van der Waals surface area (Å²) in [6.45, 7) is 4.03. The predicted molar refractivity (Wildman–Crippen MR) is 87.4 cm³/mol. The predicted octanol–water partition coefficient (Wildman–Crippen LogP) is 1.86. The van der Waals surface area contributed by atoms with Gasteiger partial charge in [-0.2, -0.15) is 5.10 Å². The number of ether oxygens (including phenoxy) is 1. The zero-order valence-corrected chi connectivity index (χ0v) is 13.9. The van der Waals surface area contributed by atoms with Crippen molar-refractivity contribution < 1.29 is 14.6 Å². The van der Waals surface area contributed by atoms with Crippen molar-refractivity contribution in [2.45, 2.75) is 26.5 Å². The molecule has 0 saturated heterocycles. The molecule has 0 unspecified atom stereocenters. The van der Waals surface area contributed by atoms with Crippen LogP contribution >= 0.6 is 0 Å². The second-order valence-corrected chi connectivity index (χ2v) is 5.88. The van der Waals surface area contributed by atoms with E-state index in [1.54, 1.807) is 25.0 Å². The molecular formula is C17H23N3O3. The number of carbonyl (C=O) groups is 1. The normalized spacial score (nSPS) is 12.3. The third-order valence-corrected chi connectivity index (χ3v) is 3.63. The zero-order chi connectivity index (χ0) is 17.0. The number of amides is 1. The van der Waals surface area contributed by atoms with Crippen LogP contribution in [0.1, 0.15) is 19.4 Å². The van der Waals surface area contributed by atoms with Crippen molar-refractivity contribution in [2.75, 3.05) is 14.2 Å². The highest BCUT2D eigenvalue weighted by Crippen LogP contribution is 2.17. The Kier molecular flexibility index (Phi) is 5.39. The van der Waals surface area contributed by atoms with Gasteiger partial charge in [0.05, 0.1) is 19.0 Å².